The standard InChI is InChI=1S/C13H17NO4/c1-9(2)18-13(17)14-8-11-6-4-3-5-10(11)7-12(15)16/h3-6,9H,7-8H2,1-2H3,(H,14,17)(H,15,16). The second kappa shape index (κ2) is 6.64. The van der Waals surface area contributed by atoms with E-state index in [0.717, 1.165) is 5.56 Å². The van der Waals surface area contributed by atoms with Gasteiger partial charge in [-0.15, -0.1) is 0 Å². The van der Waals surface area contributed by atoms with Gasteiger partial charge in [0.15, 0.2) is 0 Å². The lowest BCUT2D eigenvalue weighted by Crippen LogP contribution is -2.26. The molecule has 0 heterocycles. The monoisotopic (exact) mass is 251 g/mol. The fourth-order valence-electron chi connectivity index (χ4n) is 1.49. The van der Waals surface area contributed by atoms with E-state index in [1.54, 1.807) is 38.1 Å². The minimum atomic E-state index is -0.896. The highest BCUT2D eigenvalue weighted by Gasteiger charge is 2.08. The van der Waals surface area contributed by atoms with Gasteiger partial charge in [0, 0.05) is 6.54 Å². The second-order valence-electron chi connectivity index (χ2n) is 4.15. The molecule has 0 aliphatic carbocycles. The molecule has 0 aromatic heterocycles. The highest BCUT2D eigenvalue weighted by molar-refractivity contribution is 5.71. The molecule has 5 heteroatoms. The largest absolute Gasteiger partial charge is 0.481 e. The summed E-state index contributed by atoms with van der Waals surface area (Å²) in [6.07, 6.45) is -0.744. The number of hydrogen-bond donors (Lipinski definition) is 2. The number of carbonyl (C=O) groups is 2. The highest BCUT2D eigenvalue weighted by atomic mass is 16.6. The third-order valence-electron chi connectivity index (χ3n) is 2.23. The van der Waals surface area contributed by atoms with E-state index in [4.69, 9.17) is 9.84 Å². The summed E-state index contributed by atoms with van der Waals surface area (Å²) in [5.41, 5.74) is 1.47. The SMILES string of the molecule is CC(C)OC(=O)NCc1ccccc1CC(=O)O. The average Bonchev–Trinajstić information content (AvgIpc) is 2.26. The first-order chi connectivity index (χ1) is 8.49. The molecule has 0 atom stereocenters. The molecule has 0 aliphatic rings. The van der Waals surface area contributed by atoms with Gasteiger partial charge < -0.3 is 15.2 Å². The van der Waals surface area contributed by atoms with Gasteiger partial charge in [-0.2, -0.15) is 0 Å². The molecule has 0 radical (unpaired) electrons. The van der Waals surface area contributed by atoms with Crippen LogP contribution in [0.25, 0.3) is 0 Å². The number of amides is 1. The molecule has 0 spiro atoms. The van der Waals surface area contributed by atoms with Crippen LogP contribution >= 0.6 is 0 Å². The smallest absolute Gasteiger partial charge is 0.407 e. The zero-order valence-electron chi connectivity index (χ0n) is 10.5. The Hall–Kier alpha value is -2.04. The van der Waals surface area contributed by atoms with Gasteiger partial charge in [-0.1, -0.05) is 24.3 Å². The molecule has 5 nitrogen and oxygen atoms in total. The van der Waals surface area contributed by atoms with Gasteiger partial charge >= 0.3 is 12.1 Å². The molecule has 0 unspecified atom stereocenters. The van der Waals surface area contributed by atoms with E-state index < -0.39 is 12.1 Å². The average molecular weight is 251 g/mol. The normalized spacial score (nSPS) is 10.2. The predicted molar refractivity (Wildman–Crippen MR) is 66.2 cm³/mol. The van der Waals surface area contributed by atoms with Crippen molar-refractivity contribution in [1.29, 1.82) is 0 Å². The number of hydrogen-bond acceptors (Lipinski definition) is 3. The Morgan fingerprint density at radius 2 is 1.89 bits per heavy atom. The van der Waals surface area contributed by atoms with E-state index in [9.17, 15) is 9.59 Å². The van der Waals surface area contributed by atoms with E-state index in [1.807, 2.05) is 0 Å². The van der Waals surface area contributed by atoms with E-state index in [-0.39, 0.29) is 19.1 Å². The topological polar surface area (TPSA) is 75.6 Å². The molecule has 0 fully saturated rings. The Morgan fingerprint density at radius 3 is 2.44 bits per heavy atom. The van der Waals surface area contributed by atoms with Gasteiger partial charge in [0.2, 0.25) is 0 Å². The molecule has 98 valence electrons. The van der Waals surface area contributed by atoms with Gasteiger partial charge in [0.25, 0.3) is 0 Å². The summed E-state index contributed by atoms with van der Waals surface area (Å²) in [7, 11) is 0. The van der Waals surface area contributed by atoms with Crippen LogP contribution in [0.4, 0.5) is 4.79 Å². The summed E-state index contributed by atoms with van der Waals surface area (Å²) in [6.45, 7) is 3.78. The number of nitrogens with one attached hydrogen (secondary N) is 1. The maximum absolute atomic E-state index is 11.3. The number of rotatable bonds is 5. The van der Waals surface area contributed by atoms with Crippen LogP contribution in [0.2, 0.25) is 0 Å². The van der Waals surface area contributed by atoms with Crippen LogP contribution in [0.1, 0.15) is 25.0 Å². The minimum Gasteiger partial charge on any atom is -0.481 e. The number of carbonyl (C=O) groups excluding carboxylic acids is 1. The van der Waals surface area contributed by atoms with Crippen LogP contribution < -0.4 is 5.32 Å². The molecular weight excluding hydrogens is 234 g/mol. The zero-order valence-corrected chi connectivity index (χ0v) is 10.5. The second-order valence-corrected chi connectivity index (χ2v) is 4.15. The van der Waals surface area contributed by atoms with Crippen LogP contribution in [0, 0.1) is 0 Å². The van der Waals surface area contributed by atoms with Gasteiger partial charge in [0.05, 0.1) is 12.5 Å². The molecule has 2 N–H and O–H groups in total. The Bertz CT molecular complexity index is 429. The molecule has 0 aliphatic heterocycles. The Kier molecular flexibility index (Phi) is 5.17. The van der Waals surface area contributed by atoms with E-state index in [1.165, 1.54) is 0 Å². The number of carboxylic acid groups (broad SMARTS) is 1. The quantitative estimate of drug-likeness (QED) is 0.838. The molecule has 0 saturated heterocycles. The molecule has 1 aromatic carbocycles. The van der Waals surface area contributed by atoms with Crippen molar-refractivity contribution in [3.8, 4) is 0 Å². The van der Waals surface area contributed by atoms with Crippen LogP contribution in [0.15, 0.2) is 24.3 Å². The van der Waals surface area contributed by atoms with Gasteiger partial charge in [0.1, 0.15) is 0 Å². The van der Waals surface area contributed by atoms with Crippen molar-refractivity contribution in [2.24, 2.45) is 0 Å². The van der Waals surface area contributed by atoms with Gasteiger partial charge in [-0.3, -0.25) is 4.79 Å². The Balaban J connectivity index is 2.61. The first-order valence-electron chi connectivity index (χ1n) is 5.72. The van der Waals surface area contributed by atoms with E-state index in [0.29, 0.717) is 5.56 Å². The lowest BCUT2D eigenvalue weighted by atomic mass is 10.0. The van der Waals surface area contributed by atoms with Gasteiger partial charge in [-0.05, 0) is 25.0 Å². The molecule has 18 heavy (non-hydrogen) atoms. The number of aliphatic carboxylic acids is 1. The van der Waals surface area contributed by atoms with Crippen LogP contribution in [-0.2, 0) is 22.5 Å². The fraction of sp³-hybridized carbons (Fsp3) is 0.385. The predicted octanol–water partition coefficient (Wildman–Crippen LogP) is 1.95. The van der Waals surface area contributed by atoms with Crippen LogP contribution in [0.5, 0.6) is 0 Å². The summed E-state index contributed by atoms with van der Waals surface area (Å²) in [4.78, 5) is 22.0. The van der Waals surface area contributed by atoms with E-state index >= 15 is 0 Å². The van der Waals surface area contributed by atoms with Crippen molar-refractivity contribution in [3.63, 3.8) is 0 Å². The first kappa shape index (κ1) is 14.0. The molecule has 1 rings (SSSR count). The molecule has 0 saturated carbocycles. The first-order valence-corrected chi connectivity index (χ1v) is 5.72. The Morgan fingerprint density at radius 1 is 1.28 bits per heavy atom. The summed E-state index contributed by atoms with van der Waals surface area (Å²) in [6, 6.07) is 7.09. The molecule has 1 amide bonds. The third-order valence-corrected chi connectivity index (χ3v) is 2.23. The number of alkyl carbamates (subject to hydrolysis) is 1. The lowest BCUT2D eigenvalue weighted by Gasteiger charge is -2.11. The zero-order chi connectivity index (χ0) is 13.5. The van der Waals surface area contributed by atoms with Crippen molar-refractivity contribution < 1.29 is 19.4 Å². The van der Waals surface area contributed by atoms with Gasteiger partial charge in [-0.25, -0.2) is 4.79 Å². The van der Waals surface area contributed by atoms with Crippen molar-refractivity contribution >= 4 is 12.1 Å². The summed E-state index contributed by atoms with van der Waals surface area (Å²) in [5.74, 6) is -0.896. The molecule has 1 aromatic rings. The maximum atomic E-state index is 11.3. The summed E-state index contributed by atoms with van der Waals surface area (Å²) < 4.78 is 4.93. The number of ether oxygens (including phenoxy) is 1. The third kappa shape index (κ3) is 4.86. The van der Waals surface area contributed by atoms with Crippen LogP contribution in [-0.4, -0.2) is 23.3 Å². The number of carboxylic acids is 1. The molecular formula is C13H17NO4. The highest BCUT2D eigenvalue weighted by Crippen LogP contribution is 2.09. The van der Waals surface area contributed by atoms with Crippen molar-refractivity contribution in [2.75, 3.05) is 0 Å². The summed E-state index contributed by atoms with van der Waals surface area (Å²) >= 11 is 0. The fourth-order valence-corrected chi connectivity index (χ4v) is 1.49. The van der Waals surface area contributed by atoms with Crippen molar-refractivity contribution in [2.45, 2.75) is 32.9 Å². The maximum Gasteiger partial charge on any atom is 0.407 e. The molecule has 0 bridgehead atoms. The van der Waals surface area contributed by atoms with Crippen molar-refractivity contribution in [1.82, 2.24) is 5.32 Å². The van der Waals surface area contributed by atoms with Crippen molar-refractivity contribution in [3.05, 3.63) is 35.4 Å². The Labute approximate surface area is 106 Å². The number of benzene rings is 1. The lowest BCUT2D eigenvalue weighted by molar-refractivity contribution is -0.136. The van der Waals surface area contributed by atoms with Crippen LogP contribution in [0.3, 0.4) is 0 Å². The summed E-state index contributed by atoms with van der Waals surface area (Å²) in [5, 5.41) is 11.4. The minimum absolute atomic E-state index is 0.0585. The van der Waals surface area contributed by atoms with E-state index in [2.05, 4.69) is 5.32 Å².